The van der Waals surface area contributed by atoms with Gasteiger partial charge in [-0.2, -0.15) is 0 Å². The normalized spacial score (nSPS) is 15.8. The van der Waals surface area contributed by atoms with E-state index >= 15 is 0 Å². The average Bonchev–Trinajstić information content (AvgIpc) is 2.94. The number of esters is 1. The van der Waals surface area contributed by atoms with E-state index in [0.717, 1.165) is 6.42 Å². The minimum Gasteiger partial charge on any atom is -0.461 e. The maximum Gasteiger partial charge on any atom is 0.306 e. The van der Waals surface area contributed by atoms with Gasteiger partial charge in [-0.05, 0) is 31.0 Å². The number of sulfonamides is 1. The first-order valence-electron chi connectivity index (χ1n) is 9.03. The molecule has 1 N–H and O–H groups in total. The van der Waals surface area contributed by atoms with Gasteiger partial charge >= 0.3 is 5.97 Å². The first-order valence-corrected chi connectivity index (χ1v) is 10.5. The molecular weight excluding hydrogens is 383 g/mol. The van der Waals surface area contributed by atoms with Crippen molar-refractivity contribution in [1.82, 2.24) is 4.72 Å². The van der Waals surface area contributed by atoms with Gasteiger partial charge in [0.25, 0.3) is 10.0 Å². The van der Waals surface area contributed by atoms with Crippen molar-refractivity contribution in [1.29, 1.82) is 0 Å². The van der Waals surface area contributed by atoms with Gasteiger partial charge in [0.1, 0.15) is 18.3 Å². The first kappa shape index (κ1) is 20.0. The number of nitrogens with one attached hydrogen (secondary N) is 1. The van der Waals surface area contributed by atoms with Crippen molar-refractivity contribution in [3.63, 3.8) is 0 Å². The van der Waals surface area contributed by atoms with Crippen LogP contribution in [-0.2, 0) is 26.2 Å². The van der Waals surface area contributed by atoms with Crippen LogP contribution in [0.3, 0.4) is 0 Å². The summed E-state index contributed by atoms with van der Waals surface area (Å²) in [5.41, 5.74) is 0.935. The fraction of sp³-hybridized carbons (Fsp3) is 0.300. The summed E-state index contributed by atoms with van der Waals surface area (Å²) >= 11 is 0. The van der Waals surface area contributed by atoms with Gasteiger partial charge in [0.2, 0.25) is 0 Å². The molecule has 2 aromatic carbocycles. The van der Waals surface area contributed by atoms with Crippen molar-refractivity contribution in [3.05, 3.63) is 65.5 Å². The smallest absolute Gasteiger partial charge is 0.306 e. The van der Waals surface area contributed by atoms with Crippen molar-refractivity contribution in [2.24, 2.45) is 4.99 Å². The van der Waals surface area contributed by atoms with Crippen LogP contribution in [0.1, 0.15) is 36.8 Å². The van der Waals surface area contributed by atoms with Gasteiger partial charge < -0.3 is 4.74 Å². The van der Waals surface area contributed by atoms with Crippen LogP contribution in [-0.4, -0.2) is 26.8 Å². The van der Waals surface area contributed by atoms with E-state index in [1.165, 1.54) is 6.07 Å². The topological polar surface area (TPSA) is 84.8 Å². The van der Waals surface area contributed by atoms with Crippen molar-refractivity contribution >= 4 is 21.8 Å². The highest BCUT2D eigenvalue weighted by atomic mass is 32.2. The lowest BCUT2D eigenvalue weighted by Crippen LogP contribution is -2.22. The minimum absolute atomic E-state index is 0.0707. The van der Waals surface area contributed by atoms with Crippen molar-refractivity contribution in [3.8, 4) is 0 Å². The Morgan fingerprint density at radius 1 is 1.04 bits per heavy atom. The number of benzene rings is 2. The molecule has 0 fully saturated rings. The van der Waals surface area contributed by atoms with Crippen LogP contribution < -0.4 is 4.72 Å². The van der Waals surface area contributed by atoms with Gasteiger partial charge in [-0.3, -0.25) is 14.5 Å². The summed E-state index contributed by atoms with van der Waals surface area (Å²) < 4.78 is 45.0. The highest BCUT2D eigenvalue weighted by Crippen LogP contribution is 2.22. The number of unbranched alkanes of at least 4 members (excludes halogenated alkanes) is 2. The third kappa shape index (κ3) is 4.95. The number of hydrogen-bond donors (Lipinski definition) is 1. The van der Waals surface area contributed by atoms with Crippen LogP contribution in [0.2, 0.25) is 0 Å². The summed E-state index contributed by atoms with van der Waals surface area (Å²) in [6.07, 6.45) is 2.34. The van der Waals surface area contributed by atoms with E-state index in [-0.39, 0.29) is 23.9 Å². The zero-order valence-electron chi connectivity index (χ0n) is 15.2. The van der Waals surface area contributed by atoms with E-state index in [1.807, 2.05) is 0 Å². The zero-order valence-corrected chi connectivity index (χ0v) is 16.0. The summed E-state index contributed by atoms with van der Waals surface area (Å²) in [4.78, 5) is 16.3. The van der Waals surface area contributed by atoms with Gasteiger partial charge in [-0.15, -0.1) is 0 Å². The summed E-state index contributed by atoms with van der Waals surface area (Å²) in [7, 11) is -3.51. The molecule has 0 aliphatic carbocycles. The molecule has 0 saturated heterocycles. The Labute approximate surface area is 163 Å². The number of carbonyl (C=O) groups is 1. The molecule has 0 saturated carbocycles. The van der Waals surface area contributed by atoms with Gasteiger partial charge in [0.05, 0.1) is 4.90 Å². The monoisotopic (exact) mass is 404 g/mol. The number of halogens is 1. The van der Waals surface area contributed by atoms with Gasteiger partial charge in [0.15, 0.2) is 0 Å². The second-order valence-corrected chi connectivity index (χ2v) is 8.05. The molecule has 0 unspecified atom stereocenters. The van der Waals surface area contributed by atoms with E-state index < -0.39 is 15.8 Å². The molecule has 2 aromatic rings. The molecular formula is C20H21FN2O4S. The van der Waals surface area contributed by atoms with Crippen LogP contribution >= 0.6 is 0 Å². The van der Waals surface area contributed by atoms with E-state index in [0.29, 0.717) is 36.3 Å². The molecule has 0 atom stereocenters. The Balaban J connectivity index is 1.37. The number of fused-ring (bicyclic) bond motifs is 1. The number of hydrogen-bond acceptors (Lipinski definition) is 5. The number of nitrogens with zero attached hydrogens (tertiary/aromatic N) is 1. The third-order valence-electron chi connectivity index (χ3n) is 4.32. The van der Waals surface area contributed by atoms with Crippen molar-refractivity contribution in [2.75, 3.05) is 6.54 Å². The lowest BCUT2D eigenvalue weighted by molar-refractivity contribution is -0.145. The molecule has 8 heteroatoms. The Morgan fingerprint density at radius 2 is 1.79 bits per heavy atom. The molecule has 0 bridgehead atoms. The fourth-order valence-electron chi connectivity index (χ4n) is 2.85. The summed E-state index contributed by atoms with van der Waals surface area (Å²) in [6.45, 7) is 0.384. The number of aliphatic imine (C=N–C) groups is 1. The lowest BCUT2D eigenvalue weighted by atomic mass is 10.2. The predicted octanol–water partition coefficient (Wildman–Crippen LogP) is 3.17. The number of ether oxygens (including phenoxy) is 1. The molecule has 1 aliphatic rings. The standard InChI is InChI=1S/C20H21FN2O4S/c21-17-10-5-3-8-15(17)14-27-19(24)12-2-1-7-13-22-20-16-9-4-6-11-18(16)28(25,26)23-20/h3-6,8-11H,1-2,7,12-14H2,(H,22,23). The molecule has 1 heterocycles. The maximum atomic E-state index is 13.5. The Bertz CT molecular complexity index is 989. The van der Waals surface area contributed by atoms with E-state index in [9.17, 15) is 17.6 Å². The fourth-order valence-corrected chi connectivity index (χ4v) is 4.10. The number of amidine groups is 1. The van der Waals surface area contributed by atoms with E-state index in [2.05, 4.69) is 9.71 Å². The van der Waals surface area contributed by atoms with Crippen LogP contribution in [0.4, 0.5) is 4.39 Å². The molecule has 0 radical (unpaired) electrons. The summed E-state index contributed by atoms with van der Waals surface area (Å²) in [5, 5.41) is 0. The van der Waals surface area contributed by atoms with Crippen molar-refractivity contribution < 1.29 is 22.3 Å². The highest BCUT2D eigenvalue weighted by Gasteiger charge is 2.29. The van der Waals surface area contributed by atoms with Crippen LogP contribution in [0.5, 0.6) is 0 Å². The van der Waals surface area contributed by atoms with E-state index in [1.54, 1.807) is 42.5 Å². The Kier molecular flexibility index (Phi) is 6.41. The quantitative estimate of drug-likeness (QED) is 0.541. The van der Waals surface area contributed by atoms with Gasteiger partial charge in [-0.25, -0.2) is 12.8 Å². The summed E-state index contributed by atoms with van der Waals surface area (Å²) in [5.74, 6) is -0.398. The zero-order chi connectivity index (χ0) is 20.0. The van der Waals surface area contributed by atoms with Crippen LogP contribution in [0.15, 0.2) is 58.4 Å². The highest BCUT2D eigenvalue weighted by molar-refractivity contribution is 7.90. The van der Waals surface area contributed by atoms with Crippen LogP contribution in [0, 0.1) is 5.82 Å². The third-order valence-corrected chi connectivity index (χ3v) is 5.72. The number of carbonyl (C=O) groups excluding carboxylic acids is 1. The van der Waals surface area contributed by atoms with Gasteiger partial charge in [-0.1, -0.05) is 36.8 Å². The number of rotatable bonds is 8. The maximum absolute atomic E-state index is 13.5. The molecule has 0 amide bonds. The lowest BCUT2D eigenvalue weighted by Gasteiger charge is -2.05. The molecule has 28 heavy (non-hydrogen) atoms. The molecule has 0 aromatic heterocycles. The first-order chi connectivity index (χ1) is 13.5. The SMILES string of the molecule is O=C(CCCCCN=C1NS(=O)(=O)c2ccccc21)OCc1ccccc1F. The second kappa shape index (κ2) is 8.97. The Hall–Kier alpha value is -2.74. The Morgan fingerprint density at radius 3 is 2.61 bits per heavy atom. The average molecular weight is 404 g/mol. The molecule has 1 aliphatic heterocycles. The molecule has 0 spiro atoms. The largest absolute Gasteiger partial charge is 0.461 e. The molecule has 148 valence electrons. The van der Waals surface area contributed by atoms with Gasteiger partial charge in [0, 0.05) is 24.1 Å². The molecule has 3 rings (SSSR count). The second-order valence-electron chi connectivity index (χ2n) is 6.39. The minimum atomic E-state index is -3.51. The summed E-state index contributed by atoms with van der Waals surface area (Å²) in [6, 6.07) is 12.9. The predicted molar refractivity (Wildman–Crippen MR) is 103 cm³/mol. The molecule has 6 nitrogen and oxygen atoms in total. The van der Waals surface area contributed by atoms with Crippen LogP contribution in [0.25, 0.3) is 0 Å². The van der Waals surface area contributed by atoms with Crippen molar-refractivity contribution in [2.45, 2.75) is 37.2 Å². The van der Waals surface area contributed by atoms with E-state index in [4.69, 9.17) is 4.74 Å².